The van der Waals surface area contributed by atoms with E-state index in [-0.39, 0.29) is 5.54 Å². The minimum Gasteiger partial charge on any atom is -0.308 e. The first-order chi connectivity index (χ1) is 9.30. The second kappa shape index (κ2) is 7.80. The van der Waals surface area contributed by atoms with E-state index in [1.807, 2.05) is 0 Å². The van der Waals surface area contributed by atoms with Gasteiger partial charge in [0, 0.05) is 25.2 Å². The third-order valence-electron chi connectivity index (χ3n) is 3.32. The van der Waals surface area contributed by atoms with Crippen LogP contribution in [0.4, 0.5) is 0 Å². The maximum absolute atomic E-state index is 3.53. The van der Waals surface area contributed by atoms with Crippen molar-refractivity contribution in [2.24, 2.45) is 5.92 Å². The average Bonchev–Trinajstić information content (AvgIpc) is 2.35. The molecular weight excluding hydrogens is 244 g/mol. The highest BCUT2D eigenvalue weighted by Crippen LogP contribution is 2.10. The van der Waals surface area contributed by atoms with Crippen LogP contribution in [-0.2, 0) is 13.1 Å². The Morgan fingerprint density at radius 2 is 1.60 bits per heavy atom. The normalized spacial score (nSPS) is 12.4. The maximum Gasteiger partial charge on any atom is 0.0233 e. The molecule has 2 heteroatoms. The number of hydrogen-bond acceptors (Lipinski definition) is 2. The summed E-state index contributed by atoms with van der Waals surface area (Å²) >= 11 is 0. The van der Waals surface area contributed by atoms with Gasteiger partial charge < -0.3 is 5.32 Å². The predicted octanol–water partition coefficient (Wildman–Crippen LogP) is 4.05. The molecule has 0 aliphatic carbocycles. The summed E-state index contributed by atoms with van der Waals surface area (Å²) in [7, 11) is 0. The Morgan fingerprint density at radius 1 is 1.05 bits per heavy atom. The lowest BCUT2D eigenvalue weighted by atomic mass is 10.1. The summed E-state index contributed by atoms with van der Waals surface area (Å²) in [6, 6.07) is 9.03. The third kappa shape index (κ3) is 7.06. The third-order valence-corrected chi connectivity index (χ3v) is 3.32. The molecule has 0 amide bonds. The highest BCUT2D eigenvalue weighted by atomic mass is 15.1. The van der Waals surface area contributed by atoms with Crippen LogP contribution >= 0.6 is 0 Å². The summed E-state index contributed by atoms with van der Waals surface area (Å²) < 4.78 is 0. The molecule has 20 heavy (non-hydrogen) atoms. The van der Waals surface area contributed by atoms with E-state index in [0.717, 1.165) is 25.6 Å². The van der Waals surface area contributed by atoms with Gasteiger partial charge in [0.15, 0.2) is 0 Å². The van der Waals surface area contributed by atoms with Crippen molar-refractivity contribution >= 4 is 0 Å². The number of hydrogen-bond donors (Lipinski definition) is 1. The molecule has 0 saturated carbocycles. The molecule has 114 valence electrons. The van der Waals surface area contributed by atoms with Gasteiger partial charge >= 0.3 is 0 Å². The molecular formula is C18H32N2. The van der Waals surface area contributed by atoms with Gasteiger partial charge in [-0.25, -0.2) is 0 Å². The van der Waals surface area contributed by atoms with E-state index in [4.69, 9.17) is 0 Å². The van der Waals surface area contributed by atoms with Crippen molar-refractivity contribution in [3.05, 3.63) is 35.4 Å². The topological polar surface area (TPSA) is 15.3 Å². The summed E-state index contributed by atoms with van der Waals surface area (Å²) in [4.78, 5) is 2.51. The number of benzene rings is 1. The highest BCUT2D eigenvalue weighted by Gasteiger charge is 2.09. The van der Waals surface area contributed by atoms with Crippen LogP contribution in [0.5, 0.6) is 0 Å². The van der Waals surface area contributed by atoms with Crippen LogP contribution in [0.25, 0.3) is 0 Å². The molecule has 1 N–H and O–H groups in total. The minimum atomic E-state index is 0.176. The van der Waals surface area contributed by atoms with E-state index < -0.39 is 0 Å². The molecule has 0 heterocycles. The largest absolute Gasteiger partial charge is 0.308 e. The molecule has 0 bridgehead atoms. The van der Waals surface area contributed by atoms with E-state index in [1.165, 1.54) is 17.7 Å². The standard InChI is InChI=1S/C18H32N2/c1-7-20(13-15(2)3)14-17-10-8-16(9-11-17)12-19-18(4,5)6/h8-11,15,19H,7,12-14H2,1-6H3. The molecule has 0 radical (unpaired) electrons. The Kier molecular flexibility index (Phi) is 6.70. The monoisotopic (exact) mass is 276 g/mol. The SMILES string of the molecule is CCN(Cc1ccc(CNC(C)(C)C)cc1)CC(C)C. The Labute approximate surface area is 125 Å². The summed E-state index contributed by atoms with van der Waals surface area (Å²) in [5, 5.41) is 3.53. The van der Waals surface area contributed by atoms with Gasteiger partial charge in [-0.05, 0) is 44.4 Å². The average molecular weight is 276 g/mol. The molecule has 0 aromatic heterocycles. The first kappa shape index (κ1) is 17.2. The fraction of sp³-hybridized carbons (Fsp3) is 0.667. The fourth-order valence-electron chi connectivity index (χ4n) is 2.21. The van der Waals surface area contributed by atoms with Gasteiger partial charge in [-0.2, -0.15) is 0 Å². The molecule has 1 rings (SSSR count). The molecule has 0 aliphatic rings. The zero-order chi connectivity index (χ0) is 15.2. The van der Waals surface area contributed by atoms with Crippen molar-refractivity contribution < 1.29 is 0 Å². The van der Waals surface area contributed by atoms with E-state index in [0.29, 0.717) is 0 Å². The van der Waals surface area contributed by atoms with Crippen LogP contribution < -0.4 is 5.32 Å². The van der Waals surface area contributed by atoms with Crippen molar-refractivity contribution in [1.29, 1.82) is 0 Å². The molecule has 0 aliphatic heterocycles. The van der Waals surface area contributed by atoms with Crippen LogP contribution in [0, 0.1) is 5.92 Å². The van der Waals surface area contributed by atoms with Gasteiger partial charge in [0.05, 0.1) is 0 Å². The second-order valence-electron chi connectivity index (χ2n) is 7.14. The fourth-order valence-corrected chi connectivity index (χ4v) is 2.21. The minimum absolute atomic E-state index is 0.176. The van der Waals surface area contributed by atoms with Crippen molar-refractivity contribution in [1.82, 2.24) is 10.2 Å². The van der Waals surface area contributed by atoms with Gasteiger partial charge in [0.25, 0.3) is 0 Å². The lowest BCUT2D eigenvalue weighted by Gasteiger charge is -2.23. The molecule has 0 atom stereocenters. The van der Waals surface area contributed by atoms with Gasteiger partial charge in [-0.15, -0.1) is 0 Å². The van der Waals surface area contributed by atoms with Crippen molar-refractivity contribution in [2.45, 2.75) is 60.2 Å². The second-order valence-corrected chi connectivity index (χ2v) is 7.14. The van der Waals surface area contributed by atoms with Crippen molar-refractivity contribution in [3.8, 4) is 0 Å². The Morgan fingerprint density at radius 3 is 2.05 bits per heavy atom. The van der Waals surface area contributed by atoms with Gasteiger partial charge in [-0.3, -0.25) is 4.90 Å². The van der Waals surface area contributed by atoms with Crippen LogP contribution in [0.2, 0.25) is 0 Å². The van der Waals surface area contributed by atoms with Gasteiger partial charge in [-0.1, -0.05) is 45.0 Å². The number of nitrogens with zero attached hydrogens (tertiary/aromatic N) is 1. The lowest BCUT2D eigenvalue weighted by molar-refractivity contribution is 0.248. The highest BCUT2D eigenvalue weighted by molar-refractivity contribution is 5.22. The molecule has 0 fully saturated rings. The zero-order valence-corrected chi connectivity index (χ0v) is 14.2. The Bertz CT molecular complexity index is 373. The first-order valence-electron chi connectivity index (χ1n) is 7.85. The van der Waals surface area contributed by atoms with Crippen LogP contribution in [0.3, 0.4) is 0 Å². The summed E-state index contributed by atoms with van der Waals surface area (Å²) in [6.07, 6.45) is 0. The van der Waals surface area contributed by atoms with Crippen LogP contribution in [0.15, 0.2) is 24.3 Å². The van der Waals surface area contributed by atoms with Crippen molar-refractivity contribution in [2.75, 3.05) is 13.1 Å². The molecule has 1 aromatic rings. The van der Waals surface area contributed by atoms with E-state index >= 15 is 0 Å². The summed E-state index contributed by atoms with van der Waals surface area (Å²) in [6.45, 7) is 17.7. The zero-order valence-electron chi connectivity index (χ0n) is 14.2. The van der Waals surface area contributed by atoms with E-state index in [2.05, 4.69) is 76.0 Å². The quantitative estimate of drug-likeness (QED) is 0.808. The van der Waals surface area contributed by atoms with E-state index in [9.17, 15) is 0 Å². The molecule has 1 aromatic carbocycles. The first-order valence-corrected chi connectivity index (χ1v) is 7.85. The van der Waals surface area contributed by atoms with Gasteiger partial charge in [0.1, 0.15) is 0 Å². The molecule has 0 saturated heterocycles. The maximum atomic E-state index is 3.53. The van der Waals surface area contributed by atoms with E-state index in [1.54, 1.807) is 0 Å². The number of rotatable bonds is 7. The molecule has 0 unspecified atom stereocenters. The summed E-state index contributed by atoms with van der Waals surface area (Å²) in [5.41, 5.74) is 2.94. The smallest absolute Gasteiger partial charge is 0.0233 e. The lowest BCUT2D eigenvalue weighted by Crippen LogP contribution is -2.35. The molecule has 2 nitrogen and oxygen atoms in total. The predicted molar refractivity (Wildman–Crippen MR) is 88.8 cm³/mol. The van der Waals surface area contributed by atoms with Gasteiger partial charge in [0.2, 0.25) is 0 Å². The van der Waals surface area contributed by atoms with Crippen LogP contribution in [0.1, 0.15) is 52.7 Å². The van der Waals surface area contributed by atoms with Crippen LogP contribution in [-0.4, -0.2) is 23.5 Å². The Hall–Kier alpha value is -0.860. The number of nitrogens with one attached hydrogen (secondary N) is 1. The Balaban J connectivity index is 2.53. The summed E-state index contributed by atoms with van der Waals surface area (Å²) in [5.74, 6) is 0.727. The molecule has 0 spiro atoms. The van der Waals surface area contributed by atoms with Crippen molar-refractivity contribution in [3.63, 3.8) is 0 Å².